The van der Waals surface area contributed by atoms with Crippen molar-refractivity contribution in [3.63, 3.8) is 0 Å². The van der Waals surface area contributed by atoms with Gasteiger partial charge in [0.1, 0.15) is 0 Å². The summed E-state index contributed by atoms with van der Waals surface area (Å²) < 4.78 is 2.71. The zero-order valence-electron chi connectivity index (χ0n) is 46.4. The lowest BCUT2D eigenvalue weighted by Crippen LogP contribution is -2.58. The predicted molar refractivity (Wildman–Crippen MR) is 353 cm³/mol. The molecule has 1 aromatic heterocycles. The van der Waals surface area contributed by atoms with E-state index in [0.29, 0.717) is 0 Å². The molecule has 0 N–H and O–H groups in total. The average molecular weight is 1050 g/mol. The van der Waals surface area contributed by atoms with Crippen LogP contribution in [0.2, 0.25) is 0 Å². The minimum absolute atomic E-state index is 0.201. The molecule has 2 aliphatic heterocycles. The minimum Gasteiger partial charge on any atom is -0.310 e. The molecule has 83 heavy (non-hydrogen) atoms. The van der Waals surface area contributed by atoms with Gasteiger partial charge >= 0.3 is 0 Å². The number of rotatable bonds is 10. The first-order valence-electron chi connectivity index (χ1n) is 29.1. The third-order valence-electron chi connectivity index (χ3n) is 18.0. The zero-order chi connectivity index (χ0) is 55.2. The molecule has 0 radical (unpaired) electrons. The summed E-state index contributed by atoms with van der Waals surface area (Å²) in [5.74, 6) is 0. The van der Waals surface area contributed by atoms with Gasteiger partial charge in [0.2, 0.25) is 6.71 Å². The summed E-state index contributed by atoms with van der Waals surface area (Å²) in [5.41, 5.74) is 31.8. The summed E-state index contributed by atoms with van der Waals surface area (Å²) in [6, 6.07) is 113. The largest absolute Gasteiger partial charge is 0.310 e. The number of hydrogen-bond acceptors (Lipinski definition) is 0. The van der Waals surface area contributed by atoms with E-state index in [-0.39, 0.29) is 6.71 Å². The number of hydrogen-bond donors (Lipinski definition) is 0. The molecule has 0 aliphatic carbocycles. The second-order valence-electron chi connectivity index (χ2n) is 23.1. The highest BCUT2D eigenvalue weighted by atomic mass is 15.0. The lowest BCUT2D eigenvalue weighted by molar-refractivity contribution is 0.631. The molecule has 0 fully saturated rings. The van der Waals surface area contributed by atoms with Crippen molar-refractivity contribution in [3.05, 3.63) is 314 Å². The van der Waals surface area contributed by atoms with Crippen molar-refractivity contribution in [1.82, 2.24) is 4.57 Å². The highest BCUT2D eigenvalue weighted by Gasteiger charge is 2.45. The fourth-order valence-electron chi connectivity index (χ4n) is 13.9. The Hall–Kier alpha value is -10.3. The second kappa shape index (κ2) is 19.5. The van der Waals surface area contributed by atoms with Crippen LogP contribution < -0.4 is 16.4 Å². The average Bonchev–Trinajstić information content (AvgIpc) is 1.70. The van der Waals surface area contributed by atoms with E-state index in [4.69, 9.17) is 0 Å². The van der Waals surface area contributed by atoms with Gasteiger partial charge in [0.25, 0.3) is 0 Å². The van der Waals surface area contributed by atoms with Gasteiger partial charge in [-0.25, -0.2) is 0 Å². The van der Waals surface area contributed by atoms with Gasteiger partial charge in [-0.3, -0.25) is 0 Å². The molecule has 2 aliphatic rings. The minimum atomic E-state index is -0.410. The maximum Gasteiger partial charge on any atom is 0.248 e. The summed E-state index contributed by atoms with van der Waals surface area (Å²) in [6.45, 7) is 4.76. The Kier molecular flexibility index (Phi) is 11.4. The van der Waals surface area contributed by atoms with Crippen molar-refractivity contribution in [2.24, 2.45) is 0 Å². The number of benzene rings is 13. The van der Waals surface area contributed by atoms with Gasteiger partial charge in [-0.15, -0.1) is 0 Å². The highest BCUT2D eigenvalue weighted by molar-refractivity contribution is 6.99. The quantitative estimate of drug-likeness (QED) is 0.120. The van der Waals surface area contributed by atoms with Gasteiger partial charge in [-0.1, -0.05) is 286 Å². The van der Waals surface area contributed by atoms with Crippen LogP contribution in [0.4, 0.5) is 0 Å². The Labute approximate surface area is 486 Å². The molecule has 0 saturated heterocycles. The second-order valence-corrected chi connectivity index (χ2v) is 23.1. The van der Waals surface area contributed by atoms with Crippen molar-refractivity contribution in [2.75, 3.05) is 0 Å². The van der Waals surface area contributed by atoms with E-state index in [1.807, 2.05) is 0 Å². The van der Waals surface area contributed by atoms with Crippen LogP contribution >= 0.6 is 0 Å². The first-order chi connectivity index (χ1) is 40.9. The summed E-state index contributed by atoms with van der Waals surface area (Å²) in [5, 5.41) is 2.55. The molecule has 3 heterocycles. The molecular weight excluding hydrogens is 998 g/mol. The molecule has 14 aromatic rings. The SMILES string of the molecule is CC1(C)c2cc(-c3ccc(-c4ccccc4)cc3)cc3c2-n2c4c(cc(-c5ccc(-c6ccccc6)cc5)cc4c4cc(-c5ccc(-c6ccccc6)cc5)cc1c42)B3c1c(-c2ccccc2)cc(-c2ccccc2)cc1-c1ccccc1. The third-order valence-corrected chi connectivity index (χ3v) is 18.0. The van der Waals surface area contributed by atoms with Crippen LogP contribution in [-0.4, -0.2) is 11.3 Å². The highest BCUT2D eigenvalue weighted by Crippen LogP contribution is 2.51. The van der Waals surface area contributed by atoms with E-state index in [1.54, 1.807) is 0 Å². The number of fused-ring (bicyclic) bond motifs is 1. The van der Waals surface area contributed by atoms with Crippen molar-refractivity contribution in [3.8, 4) is 106 Å². The fourth-order valence-corrected chi connectivity index (χ4v) is 13.9. The Morgan fingerprint density at radius 2 is 0.542 bits per heavy atom. The molecule has 2 heteroatoms. The molecule has 0 atom stereocenters. The van der Waals surface area contributed by atoms with Crippen LogP contribution in [0.1, 0.15) is 25.0 Å². The van der Waals surface area contributed by atoms with E-state index in [1.165, 1.54) is 155 Å². The molecule has 0 amide bonds. The Bertz CT molecular complexity index is 4720. The Balaban J connectivity index is 1.04. The number of nitrogens with zero attached hydrogens (tertiary/aromatic N) is 1. The zero-order valence-corrected chi connectivity index (χ0v) is 46.4. The topological polar surface area (TPSA) is 4.93 Å². The van der Waals surface area contributed by atoms with Crippen LogP contribution in [0, 0.1) is 0 Å². The summed E-state index contributed by atoms with van der Waals surface area (Å²) in [4.78, 5) is 0. The van der Waals surface area contributed by atoms with E-state index >= 15 is 0 Å². The molecule has 0 bridgehead atoms. The Morgan fingerprint density at radius 3 is 0.952 bits per heavy atom. The normalized spacial score (nSPS) is 12.8. The number of aromatic nitrogens is 1. The molecule has 16 rings (SSSR count). The third kappa shape index (κ3) is 8.08. The van der Waals surface area contributed by atoms with Crippen molar-refractivity contribution in [2.45, 2.75) is 19.3 Å². The lowest BCUT2D eigenvalue weighted by Gasteiger charge is -2.40. The standard InChI is InChI=1S/C81H56BN/c1-81(2)73-49-66(60-39-33-57(34-40-60)53-21-9-3-10-22-53)47-71-72-48-67(61-41-35-58(36-42-61)54-23-11-4-12-24-54)51-75-79(72)83(78(71)73)80-74(81)50-68(62-43-37-59(38-44-62)55-25-13-5-14-26-55)52-76(80)82(75)77-69(63-29-17-7-18-30-63)45-65(56-27-15-6-16-28-56)46-70(77)64-31-19-8-20-32-64/h3-52H,1-2H3. The van der Waals surface area contributed by atoms with Gasteiger partial charge in [0.05, 0.1) is 5.52 Å². The smallest absolute Gasteiger partial charge is 0.248 e. The van der Waals surface area contributed by atoms with Crippen LogP contribution in [0.5, 0.6) is 0 Å². The monoisotopic (exact) mass is 1050 g/mol. The first-order valence-corrected chi connectivity index (χ1v) is 29.1. The van der Waals surface area contributed by atoms with Crippen molar-refractivity contribution in [1.29, 1.82) is 0 Å². The van der Waals surface area contributed by atoms with Gasteiger partial charge in [-0.05, 0) is 159 Å². The predicted octanol–water partition coefficient (Wildman–Crippen LogP) is 19.3. The van der Waals surface area contributed by atoms with Gasteiger partial charge in [0.15, 0.2) is 0 Å². The van der Waals surface area contributed by atoms with Gasteiger partial charge in [-0.2, -0.15) is 0 Å². The molecule has 0 saturated carbocycles. The van der Waals surface area contributed by atoms with Crippen LogP contribution in [0.15, 0.2) is 303 Å². The summed E-state index contributed by atoms with van der Waals surface area (Å²) in [7, 11) is 0. The van der Waals surface area contributed by atoms with Crippen LogP contribution in [0.3, 0.4) is 0 Å². The van der Waals surface area contributed by atoms with Crippen molar-refractivity contribution >= 4 is 44.9 Å². The van der Waals surface area contributed by atoms with Crippen LogP contribution in [0.25, 0.3) is 128 Å². The molecule has 0 spiro atoms. The maximum absolute atomic E-state index is 2.71. The van der Waals surface area contributed by atoms with Crippen molar-refractivity contribution < 1.29 is 0 Å². The van der Waals surface area contributed by atoms with E-state index in [9.17, 15) is 0 Å². The molecule has 13 aromatic carbocycles. The summed E-state index contributed by atoms with van der Waals surface area (Å²) in [6.07, 6.45) is 0. The van der Waals surface area contributed by atoms with E-state index in [0.717, 1.165) is 0 Å². The molecule has 0 unspecified atom stereocenters. The van der Waals surface area contributed by atoms with Gasteiger partial charge in [0, 0.05) is 27.4 Å². The summed E-state index contributed by atoms with van der Waals surface area (Å²) >= 11 is 0. The molecule has 1 nitrogen and oxygen atoms in total. The van der Waals surface area contributed by atoms with Gasteiger partial charge < -0.3 is 4.57 Å². The molecule has 388 valence electrons. The molecular formula is C81H56BN. The Morgan fingerprint density at radius 1 is 0.253 bits per heavy atom. The maximum atomic E-state index is 2.71. The van der Waals surface area contributed by atoms with E-state index in [2.05, 4.69) is 322 Å². The fraction of sp³-hybridized carbons (Fsp3) is 0.0370. The van der Waals surface area contributed by atoms with E-state index < -0.39 is 5.41 Å². The van der Waals surface area contributed by atoms with Crippen LogP contribution in [-0.2, 0) is 5.41 Å². The lowest BCUT2D eigenvalue weighted by atomic mass is 9.33. The first kappa shape index (κ1) is 48.6.